The molecule has 0 aliphatic carbocycles. The number of hydrogen-bond donors (Lipinski definition) is 1. The average molecular weight is 372 g/mol. The molecule has 0 bridgehead atoms. The zero-order chi connectivity index (χ0) is 18.5. The summed E-state index contributed by atoms with van der Waals surface area (Å²) in [5.74, 6) is 1.26. The summed E-state index contributed by atoms with van der Waals surface area (Å²) in [5, 5.41) is 5.58. The Morgan fingerprint density at radius 2 is 2.00 bits per heavy atom. The Morgan fingerprint density at radius 3 is 2.73 bits per heavy atom. The summed E-state index contributed by atoms with van der Waals surface area (Å²) in [7, 11) is 2.03. The minimum absolute atomic E-state index is 0.155. The van der Waals surface area contributed by atoms with Crippen LogP contribution >= 0.6 is 11.8 Å². The lowest BCUT2D eigenvalue weighted by Crippen LogP contribution is -2.56. The monoisotopic (exact) mass is 371 g/mol. The van der Waals surface area contributed by atoms with Gasteiger partial charge in [0, 0.05) is 49.6 Å². The van der Waals surface area contributed by atoms with Gasteiger partial charge in [-0.15, -0.1) is 0 Å². The summed E-state index contributed by atoms with van der Waals surface area (Å²) >= 11 is 1.87. The van der Waals surface area contributed by atoms with Gasteiger partial charge in [-0.3, -0.25) is 9.69 Å². The molecule has 0 unspecified atom stereocenters. The van der Waals surface area contributed by atoms with Crippen LogP contribution in [0.1, 0.15) is 17.3 Å². The van der Waals surface area contributed by atoms with Gasteiger partial charge < -0.3 is 10.2 Å². The van der Waals surface area contributed by atoms with Crippen molar-refractivity contribution in [3.63, 3.8) is 0 Å². The highest BCUT2D eigenvalue weighted by atomic mass is 32.2. The van der Waals surface area contributed by atoms with Crippen LogP contribution < -0.4 is 5.32 Å². The van der Waals surface area contributed by atoms with Crippen molar-refractivity contribution in [1.29, 1.82) is 0 Å². The Hall–Kier alpha value is -1.56. The number of nitrogens with one attached hydrogen (secondary N) is 1. The summed E-state index contributed by atoms with van der Waals surface area (Å²) in [6.07, 6.45) is 2.15. The van der Waals surface area contributed by atoms with Crippen LogP contribution in [0.5, 0.6) is 0 Å². The molecule has 1 aliphatic heterocycles. The van der Waals surface area contributed by atoms with E-state index in [9.17, 15) is 4.79 Å². The van der Waals surface area contributed by atoms with Crippen LogP contribution in [0, 0.1) is 0 Å². The number of nitrogens with zero attached hydrogens (tertiary/aromatic N) is 2. The van der Waals surface area contributed by atoms with Crippen molar-refractivity contribution in [3.8, 4) is 0 Å². The Labute approximate surface area is 160 Å². The standard InChI is InChI=1S/C21H29N3OS/c1-16-13-24(12-11-23(16)14-18(22-2)15-26-3)21(25)20-10-6-8-17-7-4-5-9-19(17)20/h4-10,16,18,22H,11-15H2,1-3H3/t16-,18+/m0/s1. The van der Waals surface area contributed by atoms with Crippen LogP contribution in [0.2, 0.25) is 0 Å². The molecule has 2 aromatic rings. The van der Waals surface area contributed by atoms with E-state index in [1.54, 1.807) is 0 Å². The van der Waals surface area contributed by atoms with E-state index < -0.39 is 0 Å². The van der Waals surface area contributed by atoms with Crippen LogP contribution in [0.25, 0.3) is 10.8 Å². The maximum Gasteiger partial charge on any atom is 0.254 e. The van der Waals surface area contributed by atoms with Crippen LogP contribution in [0.3, 0.4) is 0 Å². The van der Waals surface area contributed by atoms with Gasteiger partial charge in [-0.1, -0.05) is 36.4 Å². The van der Waals surface area contributed by atoms with Crippen molar-refractivity contribution >= 4 is 28.4 Å². The molecule has 1 aliphatic rings. The summed E-state index contributed by atoms with van der Waals surface area (Å²) in [5.41, 5.74) is 0.819. The fraction of sp³-hybridized carbons (Fsp3) is 0.476. The molecule has 0 saturated carbocycles. The number of fused-ring (bicyclic) bond motifs is 1. The number of carbonyl (C=O) groups excluding carboxylic acids is 1. The maximum absolute atomic E-state index is 13.1. The molecule has 1 heterocycles. The third kappa shape index (κ3) is 4.22. The second kappa shape index (κ2) is 8.89. The number of benzene rings is 2. The van der Waals surface area contributed by atoms with E-state index in [-0.39, 0.29) is 5.91 Å². The van der Waals surface area contributed by atoms with Crippen molar-refractivity contribution in [2.45, 2.75) is 19.0 Å². The number of rotatable bonds is 6. The van der Waals surface area contributed by atoms with Crippen LogP contribution in [-0.4, -0.2) is 73.0 Å². The summed E-state index contributed by atoms with van der Waals surface area (Å²) < 4.78 is 0. The summed E-state index contributed by atoms with van der Waals surface area (Å²) in [6, 6.07) is 15.0. The number of amides is 1. The molecule has 0 spiro atoms. The average Bonchev–Trinajstić information content (AvgIpc) is 2.68. The van der Waals surface area contributed by atoms with Gasteiger partial charge in [-0.05, 0) is 37.1 Å². The summed E-state index contributed by atoms with van der Waals surface area (Å²) in [4.78, 5) is 17.7. The van der Waals surface area contributed by atoms with Crippen molar-refractivity contribution in [2.24, 2.45) is 0 Å². The van der Waals surface area contributed by atoms with Gasteiger partial charge in [0.25, 0.3) is 5.91 Å². The Bertz CT molecular complexity index is 746. The SMILES string of the molecule is CN[C@@H](CSC)CN1CCN(C(=O)c2cccc3ccccc23)C[C@@H]1C. The van der Waals surface area contributed by atoms with E-state index in [1.807, 2.05) is 54.0 Å². The van der Waals surface area contributed by atoms with E-state index >= 15 is 0 Å². The van der Waals surface area contributed by atoms with Crippen molar-refractivity contribution in [3.05, 3.63) is 48.0 Å². The van der Waals surface area contributed by atoms with Gasteiger partial charge in [0.2, 0.25) is 0 Å². The fourth-order valence-electron chi connectivity index (χ4n) is 3.74. The Balaban J connectivity index is 1.69. The quantitative estimate of drug-likeness (QED) is 0.847. The number of likely N-dealkylation sites (N-methyl/N-ethyl adjacent to an activating group) is 1. The van der Waals surface area contributed by atoms with E-state index in [0.717, 1.165) is 48.3 Å². The molecule has 2 atom stereocenters. The first-order chi connectivity index (χ1) is 12.6. The Kier molecular flexibility index (Phi) is 6.57. The van der Waals surface area contributed by atoms with Crippen molar-refractivity contribution < 1.29 is 4.79 Å². The zero-order valence-electron chi connectivity index (χ0n) is 15.9. The highest BCUT2D eigenvalue weighted by Gasteiger charge is 2.29. The molecule has 2 aromatic carbocycles. The molecule has 5 heteroatoms. The molecular weight excluding hydrogens is 342 g/mol. The smallest absolute Gasteiger partial charge is 0.254 e. The molecule has 1 saturated heterocycles. The van der Waals surface area contributed by atoms with Gasteiger partial charge in [-0.2, -0.15) is 11.8 Å². The topological polar surface area (TPSA) is 35.6 Å². The highest BCUT2D eigenvalue weighted by molar-refractivity contribution is 7.98. The van der Waals surface area contributed by atoms with Crippen molar-refractivity contribution in [1.82, 2.24) is 15.1 Å². The third-order valence-corrected chi connectivity index (χ3v) is 6.04. The predicted octanol–water partition coefficient (Wildman–Crippen LogP) is 2.94. The van der Waals surface area contributed by atoms with E-state index in [4.69, 9.17) is 0 Å². The van der Waals surface area contributed by atoms with E-state index in [0.29, 0.717) is 12.1 Å². The molecule has 1 amide bonds. The normalized spacial score (nSPS) is 19.7. The number of piperazine rings is 1. The van der Waals surface area contributed by atoms with Gasteiger partial charge in [0.1, 0.15) is 0 Å². The molecule has 26 heavy (non-hydrogen) atoms. The molecule has 4 nitrogen and oxygen atoms in total. The van der Waals surface area contributed by atoms with Gasteiger partial charge in [0.05, 0.1) is 0 Å². The molecule has 0 radical (unpaired) electrons. The fourth-order valence-corrected chi connectivity index (χ4v) is 4.42. The first-order valence-corrected chi connectivity index (χ1v) is 10.7. The second-order valence-corrected chi connectivity index (χ2v) is 7.97. The lowest BCUT2D eigenvalue weighted by Gasteiger charge is -2.41. The van der Waals surface area contributed by atoms with Crippen molar-refractivity contribution in [2.75, 3.05) is 45.2 Å². The molecule has 1 fully saturated rings. The second-order valence-electron chi connectivity index (χ2n) is 7.06. The molecule has 0 aromatic heterocycles. The van der Waals surface area contributed by atoms with Crippen LogP contribution in [-0.2, 0) is 0 Å². The zero-order valence-corrected chi connectivity index (χ0v) is 16.8. The first-order valence-electron chi connectivity index (χ1n) is 9.31. The maximum atomic E-state index is 13.1. The van der Waals surface area contributed by atoms with E-state index in [2.05, 4.69) is 35.5 Å². The number of thioether (sulfide) groups is 1. The lowest BCUT2D eigenvalue weighted by molar-refractivity contribution is 0.0500. The van der Waals surface area contributed by atoms with Crippen LogP contribution in [0.4, 0.5) is 0 Å². The van der Waals surface area contributed by atoms with E-state index in [1.165, 1.54) is 0 Å². The molecule has 1 N–H and O–H groups in total. The molecule has 140 valence electrons. The van der Waals surface area contributed by atoms with Crippen LogP contribution in [0.15, 0.2) is 42.5 Å². The van der Waals surface area contributed by atoms with Gasteiger partial charge in [-0.25, -0.2) is 0 Å². The Morgan fingerprint density at radius 1 is 1.23 bits per heavy atom. The van der Waals surface area contributed by atoms with Gasteiger partial charge in [0.15, 0.2) is 0 Å². The predicted molar refractivity (Wildman–Crippen MR) is 112 cm³/mol. The van der Waals surface area contributed by atoms with Gasteiger partial charge >= 0.3 is 0 Å². The molecular formula is C21H29N3OS. The molecule has 3 rings (SSSR count). The largest absolute Gasteiger partial charge is 0.336 e. The lowest BCUT2D eigenvalue weighted by atomic mass is 10.0. The number of carbonyl (C=O) groups is 1. The summed E-state index contributed by atoms with van der Waals surface area (Å²) in [6.45, 7) is 5.78. The third-order valence-electron chi connectivity index (χ3n) is 5.30. The first kappa shape index (κ1) is 19.2. The number of hydrogen-bond acceptors (Lipinski definition) is 4. The highest BCUT2D eigenvalue weighted by Crippen LogP contribution is 2.21. The minimum atomic E-state index is 0.155. The minimum Gasteiger partial charge on any atom is -0.336 e.